The zero-order chi connectivity index (χ0) is 13.9. The molecular formula is C18H27NO. The summed E-state index contributed by atoms with van der Waals surface area (Å²) >= 11 is 0. The average molecular weight is 273 g/mol. The molecule has 2 heteroatoms. The fraction of sp³-hybridized carbons (Fsp3) is 0.667. The standard InChI is InChI=1S/C18H27NO/c1-2-18(20)15-7-9-17(10-8-15)19-12-11-14-5-3-4-6-16(14)13-19/h7-10,14,16,18,20H,2-6,11-13H2,1H3/t14?,16?,18-/m0/s1. The highest BCUT2D eigenvalue weighted by molar-refractivity contribution is 5.48. The van der Waals surface area contributed by atoms with Crippen LogP contribution in [0, 0.1) is 11.8 Å². The first-order valence-electron chi connectivity index (χ1n) is 8.31. The topological polar surface area (TPSA) is 23.5 Å². The van der Waals surface area contributed by atoms with E-state index in [1.807, 2.05) is 6.92 Å². The molecule has 1 N–H and O–H groups in total. The average Bonchev–Trinajstić information content (AvgIpc) is 2.54. The van der Waals surface area contributed by atoms with Crippen molar-refractivity contribution < 1.29 is 5.11 Å². The highest BCUT2D eigenvalue weighted by Crippen LogP contribution is 2.37. The van der Waals surface area contributed by atoms with E-state index >= 15 is 0 Å². The number of hydrogen-bond donors (Lipinski definition) is 1. The van der Waals surface area contributed by atoms with Crippen LogP contribution in [0.25, 0.3) is 0 Å². The van der Waals surface area contributed by atoms with Gasteiger partial charge in [0, 0.05) is 18.8 Å². The SMILES string of the molecule is CC[C@H](O)c1ccc(N2CCC3CCCCC3C2)cc1. The van der Waals surface area contributed by atoms with Gasteiger partial charge in [0.05, 0.1) is 6.10 Å². The first-order chi connectivity index (χ1) is 9.78. The maximum Gasteiger partial charge on any atom is 0.0787 e. The minimum atomic E-state index is -0.312. The van der Waals surface area contributed by atoms with Crippen molar-refractivity contribution >= 4 is 5.69 Å². The van der Waals surface area contributed by atoms with Crippen molar-refractivity contribution in [2.24, 2.45) is 11.8 Å². The molecule has 0 spiro atoms. The molecule has 1 aromatic rings. The molecule has 0 radical (unpaired) electrons. The predicted molar refractivity (Wildman–Crippen MR) is 84.0 cm³/mol. The van der Waals surface area contributed by atoms with Gasteiger partial charge >= 0.3 is 0 Å². The van der Waals surface area contributed by atoms with Gasteiger partial charge in [-0.25, -0.2) is 0 Å². The lowest BCUT2D eigenvalue weighted by Gasteiger charge is -2.42. The van der Waals surface area contributed by atoms with E-state index in [0.29, 0.717) is 0 Å². The molecule has 2 nitrogen and oxygen atoms in total. The molecule has 2 unspecified atom stereocenters. The Bertz CT molecular complexity index is 428. The van der Waals surface area contributed by atoms with Crippen LogP contribution in [0.3, 0.4) is 0 Å². The van der Waals surface area contributed by atoms with E-state index in [1.165, 1.54) is 50.9 Å². The summed E-state index contributed by atoms with van der Waals surface area (Å²) in [4.78, 5) is 2.55. The van der Waals surface area contributed by atoms with Gasteiger partial charge in [0.1, 0.15) is 0 Å². The summed E-state index contributed by atoms with van der Waals surface area (Å²) < 4.78 is 0. The monoisotopic (exact) mass is 273 g/mol. The van der Waals surface area contributed by atoms with E-state index in [4.69, 9.17) is 0 Å². The van der Waals surface area contributed by atoms with E-state index in [2.05, 4.69) is 29.2 Å². The van der Waals surface area contributed by atoms with Crippen molar-refractivity contribution in [1.29, 1.82) is 0 Å². The fourth-order valence-electron chi connectivity index (χ4n) is 3.98. The molecule has 0 aromatic heterocycles. The predicted octanol–water partition coefficient (Wildman–Crippen LogP) is 4.15. The summed E-state index contributed by atoms with van der Waals surface area (Å²) in [7, 11) is 0. The van der Waals surface area contributed by atoms with Crippen LogP contribution in [0.2, 0.25) is 0 Å². The van der Waals surface area contributed by atoms with Crippen LogP contribution >= 0.6 is 0 Å². The third-order valence-electron chi connectivity index (χ3n) is 5.32. The smallest absolute Gasteiger partial charge is 0.0787 e. The minimum Gasteiger partial charge on any atom is -0.388 e. The van der Waals surface area contributed by atoms with Crippen molar-refractivity contribution in [2.75, 3.05) is 18.0 Å². The van der Waals surface area contributed by atoms with Crippen LogP contribution in [-0.4, -0.2) is 18.2 Å². The molecule has 1 aliphatic heterocycles. The number of nitrogens with zero attached hydrogens (tertiary/aromatic N) is 1. The van der Waals surface area contributed by atoms with Crippen molar-refractivity contribution in [2.45, 2.75) is 51.6 Å². The van der Waals surface area contributed by atoms with Gasteiger partial charge in [-0.1, -0.05) is 38.3 Å². The summed E-state index contributed by atoms with van der Waals surface area (Å²) in [5.41, 5.74) is 2.38. The third-order valence-corrected chi connectivity index (χ3v) is 5.32. The van der Waals surface area contributed by atoms with Crippen molar-refractivity contribution in [3.63, 3.8) is 0 Å². The van der Waals surface area contributed by atoms with Crippen LogP contribution in [0.5, 0.6) is 0 Å². The first-order valence-corrected chi connectivity index (χ1v) is 8.31. The van der Waals surface area contributed by atoms with Gasteiger partial charge in [0.25, 0.3) is 0 Å². The Balaban J connectivity index is 1.67. The van der Waals surface area contributed by atoms with Crippen molar-refractivity contribution in [1.82, 2.24) is 0 Å². The molecular weight excluding hydrogens is 246 g/mol. The lowest BCUT2D eigenvalue weighted by molar-refractivity contribution is 0.173. The Morgan fingerprint density at radius 1 is 1.10 bits per heavy atom. The van der Waals surface area contributed by atoms with Gasteiger partial charge in [-0.15, -0.1) is 0 Å². The number of benzene rings is 1. The Kier molecular flexibility index (Phi) is 4.30. The minimum absolute atomic E-state index is 0.312. The van der Waals surface area contributed by atoms with Crippen molar-refractivity contribution in [3.8, 4) is 0 Å². The van der Waals surface area contributed by atoms with E-state index in [1.54, 1.807) is 0 Å². The molecule has 0 bridgehead atoms. The molecule has 2 fully saturated rings. The van der Waals surface area contributed by atoms with Crippen LogP contribution in [-0.2, 0) is 0 Å². The Labute approximate surface area is 122 Å². The quantitative estimate of drug-likeness (QED) is 0.894. The first kappa shape index (κ1) is 13.9. The molecule has 2 aliphatic rings. The van der Waals surface area contributed by atoms with Crippen LogP contribution < -0.4 is 4.90 Å². The number of rotatable bonds is 3. The van der Waals surface area contributed by atoms with Gasteiger partial charge in [-0.2, -0.15) is 0 Å². The normalized spacial score (nSPS) is 28.0. The molecule has 20 heavy (non-hydrogen) atoms. The lowest BCUT2D eigenvalue weighted by Crippen LogP contribution is -2.41. The number of aliphatic hydroxyl groups excluding tert-OH is 1. The van der Waals surface area contributed by atoms with Gasteiger partial charge in [0.15, 0.2) is 0 Å². The van der Waals surface area contributed by atoms with Crippen molar-refractivity contribution in [3.05, 3.63) is 29.8 Å². The maximum atomic E-state index is 9.87. The Morgan fingerprint density at radius 3 is 2.50 bits per heavy atom. The second-order valence-corrected chi connectivity index (χ2v) is 6.55. The second-order valence-electron chi connectivity index (χ2n) is 6.55. The number of hydrogen-bond acceptors (Lipinski definition) is 2. The second kappa shape index (κ2) is 6.17. The van der Waals surface area contributed by atoms with Gasteiger partial charge in [-0.05, 0) is 48.8 Å². The van der Waals surface area contributed by atoms with Crippen LogP contribution in [0.15, 0.2) is 24.3 Å². The van der Waals surface area contributed by atoms with Crippen LogP contribution in [0.4, 0.5) is 5.69 Å². The zero-order valence-electron chi connectivity index (χ0n) is 12.6. The van der Waals surface area contributed by atoms with E-state index in [0.717, 1.165) is 23.8 Å². The maximum absolute atomic E-state index is 9.87. The molecule has 1 aliphatic carbocycles. The summed E-state index contributed by atoms with van der Waals surface area (Å²) in [6.07, 6.45) is 7.60. The van der Waals surface area contributed by atoms with Crippen LogP contribution in [0.1, 0.15) is 57.1 Å². The molecule has 1 heterocycles. The summed E-state index contributed by atoms with van der Waals surface area (Å²) in [6.45, 7) is 4.46. The lowest BCUT2D eigenvalue weighted by atomic mass is 9.75. The van der Waals surface area contributed by atoms with Gasteiger partial charge in [0.2, 0.25) is 0 Å². The molecule has 3 rings (SSSR count). The molecule has 110 valence electrons. The molecule has 1 saturated carbocycles. The fourth-order valence-corrected chi connectivity index (χ4v) is 3.98. The van der Waals surface area contributed by atoms with E-state index in [-0.39, 0.29) is 6.10 Å². The largest absolute Gasteiger partial charge is 0.388 e. The summed E-state index contributed by atoms with van der Waals surface area (Å²) in [5.74, 6) is 1.90. The van der Waals surface area contributed by atoms with Gasteiger partial charge < -0.3 is 10.0 Å². The van der Waals surface area contributed by atoms with E-state index in [9.17, 15) is 5.11 Å². The Hall–Kier alpha value is -1.02. The summed E-state index contributed by atoms with van der Waals surface area (Å²) in [5, 5.41) is 9.87. The summed E-state index contributed by atoms with van der Waals surface area (Å²) in [6, 6.07) is 8.57. The highest BCUT2D eigenvalue weighted by Gasteiger charge is 2.31. The molecule has 0 amide bonds. The molecule has 3 atom stereocenters. The number of anilines is 1. The number of fused-ring (bicyclic) bond motifs is 1. The number of piperidine rings is 1. The Morgan fingerprint density at radius 2 is 1.80 bits per heavy atom. The zero-order valence-corrected chi connectivity index (χ0v) is 12.6. The number of aliphatic hydroxyl groups is 1. The highest BCUT2D eigenvalue weighted by atomic mass is 16.3. The molecule has 1 saturated heterocycles. The third kappa shape index (κ3) is 2.85. The van der Waals surface area contributed by atoms with E-state index < -0.39 is 0 Å². The molecule has 1 aromatic carbocycles. The van der Waals surface area contributed by atoms with Gasteiger partial charge in [-0.3, -0.25) is 0 Å².